The van der Waals surface area contributed by atoms with Crippen LogP contribution in [0.1, 0.15) is 37.0 Å². The monoisotopic (exact) mass is 463 g/mol. The summed E-state index contributed by atoms with van der Waals surface area (Å²) in [5.74, 6) is 1.04. The van der Waals surface area contributed by atoms with Crippen molar-refractivity contribution in [2.45, 2.75) is 52.7 Å². The van der Waals surface area contributed by atoms with Gasteiger partial charge in [0.05, 0.1) is 16.7 Å². The fraction of sp³-hybridized carbons (Fsp3) is 0.360. The number of carbonyl (C=O) groups is 1. The fourth-order valence-electron chi connectivity index (χ4n) is 4.10. The van der Waals surface area contributed by atoms with Gasteiger partial charge >= 0.3 is 0 Å². The Morgan fingerprint density at radius 3 is 2.48 bits per heavy atom. The first-order valence-electron chi connectivity index (χ1n) is 11.1. The Morgan fingerprint density at radius 1 is 1.09 bits per heavy atom. The van der Waals surface area contributed by atoms with Gasteiger partial charge < -0.3 is 5.32 Å². The number of anilines is 1. The molecule has 0 bridgehead atoms. The largest absolute Gasteiger partial charge is 0.325 e. The third kappa shape index (κ3) is 4.66. The van der Waals surface area contributed by atoms with Crippen LogP contribution in [0.4, 0.5) is 5.69 Å². The number of nitrogens with zero attached hydrogens (tertiary/aromatic N) is 4. The van der Waals surface area contributed by atoms with E-state index in [-0.39, 0.29) is 17.2 Å². The average Bonchev–Trinajstić information content (AvgIpc) is 3.18. The molecule has 0 atom stereocenters. The number of nitrogens with one attached hydrogen (secondary N) is 1. The molecule has 8 heteroatoms. The van der Waals surface area contributed by atoms with E-state index in [0.717, 1.165) is 28.8 Å². The number of carbonyl (C=O) groups excluding carboxylic acids is 1. The number of aromatic nitrogens is 4. The van der Waals surface area contributed by atoms with Crippen LogP contribution >= 0.6 is 11.8 Å². The van der Waals surface area contributed by atoms with Crippen LogP contribution in [0.3, 0.4) is 0 Å². The predicted octanol–water partition coefficient (Wildman–Crippen LogP) is 4.75. The van der Waals surface area contributed by atoms with Gasteiger partial charge in [0, 0.05) is 12.2 Å². The molecule has 172 valence electrons. The molecule has 0 radical (unpaired) electrons. The van der Waals surface area contributed by atoms with Gasteiger partial charge in [0.1, 0.15) is 0 Å². The zero-order valence-corrected chi connectivity index (χ0v) is 20.5. The number of fused-ring (bicyclic) bond motifs is 3. The molecule has 0 aliphatic rings. The van der Waals surface area contributed by atoms with Crippen molar-refractivity contribution in [1.29, 1.82) is 0 Å². The number of benzene rings is 2. The molecule has 0 aliphatic carbocycles. The normalized spacial score (nSPS) is 11.6. The van der Waals surface area contributed by atoms with Gasteiger partial charge in [-0.05, 0) is 56.4 Å². The Hall–Kier alpha value is -3.13. The highest BCUT2D eigenvalue weighted by Crippen LogP contribution is 2.24. The maximum Gasteiger partial charge on any atom is 0.262 e. The van der Waals surface area contributed by atoms with Crippen LogP contribution < -0.4 is 10.9 Å². The van der Waals surface area contributed by atoms with Crippen molar-refractivity contribution < 1.29 is 4.79 Å². The Bertz CT molecular complexity index is 1380. The van der Waals surface area contributed by atoms with Gasteiger partial charge in [0.25, 0.3) is 5.56 Å². The van der Waals surface area contributed by atoms with Gasteiger partial charge in [-0.3, -0.25) is 18.6 Å². The van der Waals surface area contributed by atoms with Gasteiger partial charge in [-0.15, -0.1) is 10.2 Å². The summed E-state index contributed by atoms with van der Waals surface area (Å²) in [6, 6.07) is 11.6. The molecule has 0 unspecified atom stereocenters. The maximum absolute atomic E-state index is 13.1. The second-order valence-electron chi connectivity index (χ2n) is 8.89. The van der Waals surface area contributed by atoms with E-state index in [1.807, 2.05) is 49.4 Å². The lowest BCUT2D eigenvalue weighted by Gasteiger charge is -2.13. The van der Waals surface area contributed by atoms with Gasteiger partial charge in [0.15, 0.2) is 5.16 Å². The van der Waals surface area contributed by atoms with Crippen molar-refractivity contribution in [3.8, 4) is 0 Å². The quantitative estimate of drug-likeness (QED) is 0.400. The van der Waals surface area contributed by atoms with E-state index < -0.39 is 0 Å². The summed E-state index contributed by atoms with van der Waals surface area (Å²) in [7, 11) is 0. The molecule has 0 saturated carbocycles. The van der Waals surface area contributed by atoms with Crippen LogP contribution in [-0.2, 0) is 11.3 Å². The molecular formula is C25H29N5O2S. The van der Waals surface area contributed by atoms with E-state index in [2.05, 4.69) is 41.5 Å². The van der Waals surface area contributed by atoms with Gasteiger partial charge in [0.2, 0.25) is 11.7 Å². The average molecular weight is 464 g/mol. The minimum absolute atomic E-state index is 0.0641. The third-order valence-corrected chi connectivity index (χ3v) is 6.61. The molecule has 4 rings (SSSR count). The van der Waals surface area contributed by atoms with E-state index in [0.29, 0.717) is 28.8 Å². The van der Waals surface area contributed by atoms with Crippen LogP contribution in [0.25, 0.3) is 16.7 Å². The summed E-state index contributed by atoms with van der Waals surface area (Å²) in [6.07, 6.45) is 0.862. The molecule has 2 aromatic heterocycles. The molecule has 0 spiro atoms. The van der Waals surface area contributed by atoms with Crippen molar-refractivity contribution in [3.63, 3.8) is 0 Å². The van der Waals surface area contributed by atoms with Crippen LogP contribution in [0.2, 0.25) is 0 Å². The number of aryl methyl sites for hydroxylation is 4. The summed E-state index contributed by atoms with van der Waals surface area (Å²) in [5.41, 5.74) is 4.79. The lowest BCUT2D eigenvalue weighted by Crippen LogP contribution is -2.24. The first-order valence-corrected chi connectivity index (χ1v) is 12.1. The Balaban J connectivity index is 1.65. The number of hydrogen-bond donors (Lipinski definition) is 1. The summed E-state index contributed by atoms with van der Waals surface area (Å²) in [4.78, 5) is 25.9. The fourth-order valence-corrected chi connectivity index (χ4v) is 4.84. The van der Waals surface area contributed by atoms with E-state index in [1.165, 1.54) is 17.3 Å². The second kappa shape index (κ2) is 9.39. The summed E-state index contributed by atoms with van der Waals surface area (Å²) in [6.45, 7) is 10.9. The predicted molar refractivity (Wildman–Crippen MR) is 134 cm³/mol. The van der Waals surface area contributed by atoms with Crippen molar-refractivity contribution in [2.24, 2.45) is 5.92 Å². The topological polar surface area (TPSA) is 81.3 Å². The lowest BCUT2D eigenvalue weighted by atomic mass is 10.1. The number of hydrogen-bond acceptors (Lipinski definition) is 5. The molecule has 1 amide bonds. The van der Waals surface area contributed by atoms with Crippen molar-refractivity contribution in [3.05, 3.63) is 63.4 Å². The lowest BCUT2D eigenvalue weighted by molar-refractivity contribution is -0.113. The molecule has 1 N–H and O–H groups in total. The first-order chi connectivity index (χ1) is 15.8. The van der Waals surface area contributed by atoms with Crippen LogP contribution in [0.15, 0.2) is 46.3 Å². The molecule has 0 saturated heterocycles. The third-order valence-electron chi connectivity index (χ3n) is 5.68. The second-order valence-corrected chi connectivity index (χ2v) is 9.83. The summed E-state index contributed by atoms with van der Waals surface area (Å²) < 4.78 is 3.58. The molecule has 2 heterocycles. The summed E-state index contributed by atoms with van der Waals surface area (Å²) in [5, 5.41) is 12.9. The highest BCUT2D eigenvalue weighted by molar-refractivity contribution is 7.99. The zero-order chi connectivity index (χ0) is 23.7. The van der Waals surface area contributed by atoms with Gasteiger partial charge in [-0.2, -0.15) is 0 Å². The highest BCUT2D eigenvalue weighted by atomic mass is 32.2. The molecule has 33 heavy (non-hydrogen) atoms. The number of amides is 1. The molecule has 2 aromatic carbocycles. The first kappa shape index (κ1) is 23.0. The molecule has 0 fully saturated rings. The van der Waals surface area contributed by atoms with E-state index in [1.54, 1.807) is 4.57 Å². The minimum Gasteiger partial charge on any atom is -0.325 e. The van der Waals surface area contributed by atoms with E-state index in [9.17, 15) is 9.59 Å². The standard InChI is InChI=1S/C25H29N5O2S/c1-15(2)10-11-29-23(32)19-8-6-7-9-20(19)30-24(29)27-28-25(30)33-14-21(31)26-22-17(4)12-16(3)13-18(22)5/h6-9,12-13,15H,10-11,14H2,1-5H3,(H,26,31). The van der Waals surface area contributed by atoms with E-state index >= 15 is 0 Å². The van der Waals surface area contributed by atoms with Crippen molar-refractivity contribution in [1.82, 2.24) is 19.2 Å². The van der Waals surface area contributed by atoms with Crippen molar-refractivity contribution in [2.75, 3.05) is 11.1 Å². The molecular weight excluding hydrogens is 434 g/mol. The Labute approximate surface area is 197 Å². The van der Waals surface area contributed by atoms with Crippen LogP contribution in [0.5, 0.6) is 0 Å². The molecule has 7 nitrogen and oxygen atoms in total. The van der Waals surface area contributed by atoms with Crippen molar-refractivity contribution >= 4 is 40.0 Å². The highest BCUT2D eigenvalue weighted by Gasteiger charge is 2.18. The van der Waals surface area contributed by atoms with Crippen LogP contribution in [-0.4, -0.2) is 30.8 Å². The Morgan fingerprint density at radius 2 is 1.79 bits per heavy atom. The number of para-hydroxylation sites is 1. The number of rotatable bonds is 7. The Kier molecular flexibility index (Phi) is 6.56. The minimum atomic E-state index is -0.107. The maximum atomic E-state index is 13.1. The zero-order valence-electron chi connectivity index (χ0n) is 19.7. The smallest absolute Gasteiger partial charge is 0.262 e. The summed E-state index contributed by atoms with van der Waals surface area (Å²) >= 11 is 1.31. The van der Waals surface area contributed by atoms with Gasteiger partial charge in [-0.25, -0.2) is 0 Å². The van der Waals surface area contributed by atoms with Crippen LogP contribution in [0, 0.1) is 26.7 Å². The SMILES string of the molecule is Cc1cc(C)c(NC(=O)CSc2nnc3n(CCC(C)C)c(=O)c4ccccc4n23)c(C)c1. The van der Waals surface area contributed by atoms with E-state index in [4.69, 9.17) is 0 Å². The van der Waals surface area contributed by atoms with Gasteiger partial charge in [-0.1, -0.05) is 55.4 Å². The molecule has 0 aliphatic heterocycles. The molecule has 4 aromatic rings. The number of thioether (sulfide) groups is 1.